The molecule has 1 N–H and O–H groups in total. The van der Waals surface area contributed by atoms with Crippen molar-refractivity contribution in [1.82, 2.24) is 0 Å². The van der Waals surface area contributed by atoms with Gasteiger partial charge >= 0.3 is 0 Å². The van der Waals surface area contributed by atoms with Crippen LogP contribution in [0.4, 0.5) is 0 Å². The third-order valence-corrected chi connectivity index (χ3v) is 3.33. The van der Waals surface area contributed by atoms with E-state index in [0.717, 1.165) is 12.8 Å². The second kappa shape index (κ2) is 7.58. The summed E-state index contributed by atoms with van der Waals surface area (Å²) in [6.07, 6.45) is 2.64. The van der Waals surface area contributed by atoms with Gasteiger partial charge in [-0.3, -0.25) is 4.79 Å². The first-order valence-electron chi connectivity index (χ1n) is 6.96. The number of hydrogen-bond donors (Lipinski definition) is 1. The largest absolute Gasteiger partial charge is 0.507 e. The average molecular weight is 290 g/mol. The summed E-state index contributed by atoms with van der Waals surface area (Å²) >= 11 is 0. The topological polar surface area (TPSA) is 55.8 Å². The number of ketones is 1. The number of Topliss-reactive ketones (excluding diaryl/α,β-unsaturated/α-hetero) is 1. The Kier molecular flexibility index (Phi) is 6.10. The Bertz CT molecular complexity index is 591. The Labute approximate surface area is 126 Å². The van der Waals surface area contributed by atoms with Crippen LogP contribution >= 0.6 is 0 Å². The molecule has 0 radical (unpaired) electrons. The minimum atomic E-state index is -0.436. The maximum absolute atomic E-state index is 12.3. The molecule has 21 heavy (non-hydrogen) atoms. The Morgan fingerprint density at radius 3 is 2.29 bits per heavy atom. The van der Waals surface area contributed by atoms with Crippen LogP contribution in [-0.2, 0) is 0 Å². The van der Waals surface area contributed by atoms with Gasteiger partial charge in [-0.05, 0) is 26.2 Å². The monoisotopic (exact) mass is 290 g/mol. The molecule has 0 aromatic heterocycles. The molecule has 0 spiro atoms. The number of hydrogen-bond acceptors (Lipinski definition) is 4. The molecule has 0 fully saturated rings. The Balaban J connectivity index is 3.34. The maximum atomic E-state index is 12.3. The standard InChI is InChI=1S/C17H22O4/c1-6-7-8-9-10-13(18)14-15(19)11(2)16(20-4)12(3)17(14)21-5/h19H,6-8H2,1-5H3. The summed E-state index contributed by atoms with van der Waals surface area (Å²) in [6.45, 7) is 5.54. The van der Waals surface area contributed by atoms with E-state index in [1.54, 1.807) is 13.8 Å². The fraction of sp³-hybridized carbons (Fsp3) is 0.471. The number of rotatable bonds is 5. The molecule has 4 heteroatoms. The molecule has 0 atom stereocenters. The van der Waals surface area contributed by atoms with Gasteiger partial charge in [-0.15, -0.1) is 0 Å². The van der Waals surface area contributed by atoms with Crippen molar-refractivity contribution in [1.29, 1.82) is 0 Å². The number of unbranched alkanes of at least 4 members (excludes halogenated alkanes) is 2. The number of carbonyl (C=O) groups excluding carboxylic acids is 1. The van der Waals surface area contributed by atoms with Gasteiger partial charge in [-0.2, -0.15) is 0 Å². The second-order valence-corrected chi connectivity index (χ2v) is 4.77. The quantitative estimate of drug-likeness (QED) is 0.391. The number of aromatic hydroxyl groups is 1. The molecule has 0 saturated carbocycles. The molecule has 114 valence electrons. The van der Waals surface area contributed by atoms with Gasteiger partial charge in [0.25, 0.3) is 0 Å². The van der Waals surface area contributed by atoms with E-state index >= 15 is 0 Å². The zero-order valence-electron chi connectivity index (χ0n) is 13.3. The van der Waals surface area contributed by atoms with Gasteiger partial charge in [0, 0.05) is 17.5 Å². The molecule has 0 aliphatic heterocycles. The lowest BCUT2D eigenvalue weighted by Crippen LogP contribution is -2.05. The van der Waals surface area contributed by atoms with Crippen molar-refractivity contribution in [3.8, 4) is 29.1 Å². The van der Waals surface area contributed by atoms with Crippen molar-refractivity contribution in [2.24, 2.45) is 0 Å². The molecule has 0 bridgehead atoms. The van der Waals surface area contributed by atoms with Gasteiger partial charge in [0.2, 0.25) is 5.78 Å². The van der Waals surface area contributed by atoms with Crippen LogP contribution in [0.25, 0.3) is 0 Å². The highest BCUT2D eigenvalue weighted by molar-refractivity contribution is 6.13. The fourth-order valence-corrected chi connectivity index (χ4v) is 2.22. The summed E-state index contributed by atoms with van der Waals surface area (Å²) in [4.78, 5) is 12.3. The lowest BCUT2D eigenvalue weighted by atomic mass is 9.99. The minimum absolute atomic E-state index is 0.109. The van der Waals surface area contributed by atoms with Crippen molar-refractivity contribution >= 4 is 5.78 Å². The first-order valence-corrected chi connectivity index (χ1v) is 6.96. The highest BCUT2D eigenvalue weighted by Crippen LogP contribution is 2.42. The van der Waals surface area contributed by atoms with Crippen LogP contribution in [-0.4, -0.2) is 25.1 Å². The average Bonchev–Trinajstić information content (AvgIpc) is 2.47. The number of benzene rings is 1. The molecule has 0 amide bonds. The van der Waals surface area contributed by atoms with Gasteiger partial charge < -0.3 is 14.6 Å². The highest BCUT2D eigenvalue weighted by atomic mass is 16.5. The Hall–Kier alpha value is -2.15. The molecule has 1 aromatic rings. The van der Waals surface area contributed by atoms with Crippen molar-refractivity contribution in [3.05, 3.63) is 16.7 Å². The zero-order chi connectivity index (χ0) is 16.0. The normalized spacial score (nSPS) is 9.76. The summed E-state index contributed by atoms with van der Waals surface area (Å²) in [5.41, 5.74) is 1.29. The first-order chi connectivity index (χ1) is 9.99. The van der Waals surface area contributed by atoms with Crippen LogP contribution in [0.5, 0.6) is 17.2 Å². The number of methoxy groups -OCH3 is 2. The SMILES string of the molecule is CCCCC#CC(=O)c1c(O)c(C)c(OC)c(C)c1OC. The molecule has 1 rings (SSSR count). The molecular formula is C17H22O4. The minimum Gasteiger partial charge on any atom is -0.507 e. The van der Waals surface area contributed by atoms with Crippen molar-refractivity contribution in [3.63, 3.8) is 0 Å². The van der Waals surface area contributed by atoms with Gasteiger partial charge in [0.1, 0.15) is 22.8 Å². The van der Waals surface area contributed by atoms with Crippen LogP contribution in [0.3, 0.4) is 0 Å². The Morgan fingerprint density at radius 1 is 1.14 bits per heavy atom. The van der Waals surface area contributed by atoms with Crippen LogP contribution in [0, 0.1) is 25.7 Å². The summed E-state index contributed by atoms with van der Waals surface area (Å²) in [5.74, 6) is 5.66. The molecule has 0 saturated heterocycles. The highest BCUT2D eigenvalue weighted by Gasteiger charge is 2.24. The molecule has 0 aliphatic rings. The van der Waals surface area contributed by atoms with Crippen molar-refractivity contribution < 1.29 is 19.4 Å². The van der Waals surface area contributed by atoms with Gasteiger partial charge in [-0.25, -0.2) is 0 Å². The van der Waals surface area contributed by atoms with E-state index in [2.05, 4.69) is 18.8 Å². The summed E-state index contributed by atoms with van der Waals surface area (Å²) in [5, 5.41) is 10.3. The number of phenolic OH excluding ortho intramolecular Hbond substituents is 1. The van der Waals surface area contributed by atoms with E-state index in [4.69, 9.17) is 9.47 Å². The summed E-state index contributed by atoms with van der Waals surface area (Å²) < 4.78 is 10.5. The van der Waals surface area contributed by atoms with Crippen molar-refractivity contribution in [2.75, 3.05) is 14.2 Å². The van der Waals surface area contributed by atoms with E-state index in [9.17, 15) is 9.90 Å². The number of carbonyl (C=O) groups is 1. The van der Waals surface area contributed by atoms with Crippen LogP contribution < -0.4 is 9.47 Å². The van der Waals surface area contributed by atoms with E-state index in [1.165, 1.54) is 14.2 Å². The van der Waals surface area contributed by atoms with E-state index in [-0.39, 0.29) is 11.3 Å². The second-order valence-electron chi connectivity index (χ2n) is 4.77. The Morgan fingerprint density at radius 2 is 1.76 bits per heavy atom. The van der Waals surface area contributed by atoms with Crippen LogP contribution in [0.2, 0.25) is 0 Å². The zero-order valence-corrected chi connectivity index (χ0v) is 13.3. The predicted octanol–water partition coefficient (Wildman–Crippen LogP) is 3.40. The van der Waals surface area contributed by atoms with Gasteiger partial charge in [0.05, 0.1) is 14.2 Å². The molecule has 0 aliphatic carbocycles. The van der Waals surface area contributed by atoms with Gasteiger partial charge in [-0.1, -0.05) is 19.3 Å². The maximum Gasteiger partial charge on any atom is 0.243 e. The fourth-order valence-electron chi connectivity index (χ4n) is 2.22. The summed E-state index contributed by atoms with van der Waals surface area (Å²) in [7, 11) is 2.97. The molecular weight excluding hydrogens is 268 g/mol. The third-order valence-electron chi connectivity index (χ3n) is 3.33. The smallest absolute Gasteiger partial charge is 0.243 e. The van der Waals surface area contributed by atoms with Gasteiger partial charge in [0.15, 0.2) is 0 Å². The molecule has 4 nitrogen and oxygen atoms in total. The molecule has 1 aromatic carbocycles. The summed E-state index contributed by atoms with van der Waals surface area (Å²) in [6, 6.07) is 0. The third kappa shape index (κ3) is 3.49. The molecule has 0 heterocycles. The van der Waals surface area contributed by atoms with E-state index in [1.807, 2.05) is 0 Å². The van der Waals surface area contributed by atoms with E-state index < -0.39 is 5.78 Å². The number of ether oxygens (including phenoxy) is 2. The molecule has 0 unspecified atom stereocenters. The van der Waals surface area contributed by atoms with Crippen LogP contribution in [0.1, 0.15) is 47.7 Å². The first kappa shape index (κ1) is 16.9. The van der Waals surface area contributed by atoms with E-state index in [0.29, 0.717) is 29.0 Å². The lowest BCUT2D eigenvalue weighted by Gasteiger charge is -2.17. The predicted molar refractivity (Wildman–Crippen MR) is 82.3 cm³/mol. The van der Waals surface area contributed by atoms with Crippen LogP contribution in [0.15, 0.2) is 0 Å². The van der Waals surface area contributed by atoms with Crippen molar-refractivity contribution in [2.45, 2.75) is 40.0 Å². The number of phenols is 1. The lowest BCUT2D eigenvalue weighted by molar-refractivity contribution is 0.105.